The number of thioether (sulfide) groups is 1. The molecular formula is C15H17N3O2S2. The van der Waals surface area contributed by atoms with Crippen molar-refractivity contribution in [3.63, 3.8) is 0 Å². The van der Waals surface area contributed by atoms with Crippen LogP contribution < -0.4 is 0 Å². The second kappa shape index (κ2) is 5.40. The second-order valence-electron chi connectivity index (χ2n) is 5.57. The van der Waals surface area contributed by atoms with Crippen LogP contribution in [-0.4, -0.2) is 49.0 Å². The molecular weight excluding hydrogens is 318 g/mol. The maximum absolute atomic E-state index is 12.5. The molecule has 0 amide bonds. The molecule has 7 heteroatoms. The van der Waals surface area contributed by atoms with Crippen LogP contribution in [0, 0.1) is 0 Å². The number of hydrogen-bond donors (Lipinski definition) is 0. The molecule has 0 unspecified atom stereocenters. The van der Waals surface area contributed by atoms with Crippen LogP contribution in [0.2, 0.25) is 0 Å². The van der Waals surface area contributed by atoms with Crippen LogP contribution in [-0.2, 0) is 10.0 Å². The number of rotatable bonds is 3. The Morgan fingerprint density at radius 3 is 2.50 bits per heavy atom. The summed E-state index contributed by atoms with van der Waals surface area (Å²) in [5.74, 6) is 0. The van der Waals surface area contributed by atoms with E-state index < -0.39 is 10.0 Å². The molecule has 1 fully saturated rings. The molecule has 22 heavy (non-hydrogen) atoms. The molecule has 0 aromatic heterocycles. The zero-order valence-corrected chi connectivity index (χ0v) is 13.7. The molecule has 1 saturated heterocycles. The van der Waals surface area contributed by atoms with Crippen LogP contribution >= 0.6 is 11.8 Å². The van der Waals surface area contributed by atoms with E-state index in [1.165, 1.54) is 0 Å². The Balaban J connectivity index is 1.60. The first kappa shape index (κ1) is 14.3. The lowest BCUT2D eigenvalue weighted by atomic mass is 10.1. The summed E-state index contributed by atoms with van der Waals surface area (Å²) in [5.41, 5.74) is 2.16. The van der Waals surface area contributed by atoms with Gasteiger partial charge >= 0.3 is 0 Å². The predicted octanol–water partition coefficient (Wildman–Crippen LogP) is 2.19. The molecule has 116 valence electrons. The summed E-state index contributed by atoms with van der Waals surface area (Å²) in [6, 6.07) is 7.24. The smallest absolute Gasteiger partial charge is 0.243 e. The van der Waals surface area contributed by atoms with Gasteiger partial charge in [0, 0.05) is 25.0 Å². The minimum atomic E-state index is -3.33. The summed E-state index contributed by atoms with van der Waals surface area (Å²) in [6.07, 6.45) is 1.91. The van der Waals surface area contributed by atoms with Gasteiger partial charge in [-0.15, -0.1) is 0 Å². The Morgan fingerprint density at radius 2 is 1.77 bits per heavy atom. The van der Waals surface area contributed by atoms with E-state index in [1.54, 1.807) is 28.2 Å². The van der Waals surface area contributed by atoms with Gasteiger partial charge in [0.05, 0.1) is 17.1 Å². The van der Waals surface area contributed by atoms with E-state index in [4.69, 9.17) is 0 Å². The van der Waals surface area contributed by atoms with E-state index in [-0.39, 0.29) is 0 Å². The lowest BCUT2D eigenvalue weighted by molar-refractivity contribution is 0.477. The van der Waals surface area contributed by atoms with Crippen LogP contribution in [0.1, 0.15) is 18.4 Å². The molecule has 4 rings (SSSR count). The Labute approximate surface area is 134 Å². The van der Waals surface area contributed by atoms with Crippen LogP contribution in [0.5, 0.6) is 0 Å². The fourth-order valence-corrected chi connectivity index (χ4v) is 5.50. The first-order valence-electron chi connectivity index (χ1n) is 7.46. The van der Waals surface area contributed by atoms with Gasteiger partial charge in [-0.05, 0) is 30.5 Å². The molecule has 0 atom stereocenters. The number of hydrogen-bond acceptors (Lipinski definition) is 5. The zero-order valence-electron chi connectivity index (χ0n) is 12.1. The predicted molar refractivity (Wildman–Crippen MR) is 89.0 cm³/mol. The third kappa shape index (κ3) is 2.28. The Kier molecular flexibility index (Phi) is 3.51. The SMILES string of the molecule is O=S(=O)(c1ccc(C2=CSC3=NCCN23)cc1)N1CCCC1. The van der Waals surface area contributed by atoms with Crippen molar-refractivity contribution in [2.24, 2.45) is 4.99 Å². The van der Waals surface area contributed by atoms with Crippen molar-refractivity contribution in [1.82, 2.24) is 9.21 Å². The standard InChI is InChI=1S/C15H17N3O2S2/c19-22(20,17-8-1-2-9-17)13-5-3-12(4-6-13)14-11-21-15-16-7-10-18(14)15/h3-6,11H,1-2,7-10H2. The van der Waals surface area contributed by atoms with Gasteiger partial charge in [-0.1, -0.05) is 23.9 Å². The number of amidine groups is 1. The van der Waals surface area contributed by atoms with Crippen molar-refractivity contribution in [2.75, 3.05) is 26.2 Å². The normalized spacial score (nSPS) is 21.9. The highest BCUT2D eigenvalue weighted by molar-refractivity contribution is 8.16. The average molecular weight is 335 g/mol. The first-order chi connectivity index (χ1) is 10.7. The van der Waals surface area contributed by atoms with Gasteiger partial charge in [0.15, 0.2) is 5.17 Å². The van der Waals surface area contributed by atoms with E-state index in [2.05, 4.69) is 15.3 Å². The number of nitrogens with zero attached hydrogens (tertiary/aromatic N) is 3. The summed E-state index contributed by atoms with van der Waals surface area (Å²) >= 11 is 1.63. The monoisotopic (exact) mass is 335 g/mol. The molecule has 0 saturated carbocycles. The fraction of sp³-hybridized carbons (Fsp3) is 0.400. The van der Waals surface area contributed by atoms with Gasteiger partial charge in [-0.3, -0.25) is 4.99 Å². The molecule has 0 radical (unpaired) electrons. The van der Waals surface area contributed by atoms with Crippen LogP contribution in [0.3, 0.4) is 0 Å². The van der Waals surface area contributed by atoms with Crippen molar-refractivity contribution in [3.05, 3.63) is 35.2 Å². The largest absolute Gasteiger partial charge is 0.318 e. The maximum Gasteiger partial charge on any atom is 0.243 e. The highest BCUT2D eigenvalue weighted by Gasteiger charge is 2.29. The Morgan fingerprint density at radius 1 is 1.05 bits per heavy atom. The summed E-state index contributed by atoms with van der Waals surface area (Å²) in [5, 5.41) is 3.13. The van der Waals surface area contributed by atoms with E-state index in [0.29, 0.717) is 18.0 Å². The lowest BCUT2D eigenvalue weighted by Crippen LogP contribution is -2.27. The quantitative estimate of drug-likeness (QED) is 0.850. The number of sulfonamides is 1. The van der Waals surface area contributed by atoms with Gasteiger partial charge in [0.2, 0.25) is 10.0 Å². The summed E-state index contributed by atoms with van der Waals surface area (Å²) in [7, 11) is -3.33. The highest BCUT2D eigenvalue weighted by atomic mass is 32.2. The summed E-state index contributed by atoms with van der Waals surface area (Å²) < 4.78 is 26.6. The highest BCUT2D eigenvalue weighted by Crippen LogP contribution is 2.35. The second-order valence-corrected chi connectivity index (χ2v) is 8.35. The van der Waals surface area contributed by atoms with Crippen molar-refractivity contribution in [1.29, 1.82) is 0 Å². The first-order valence-corrected chi connectivity index (χ1v) is 9.78. The average Bonchev–Trinajstić information content (AvgIpc) is 3.25. The molecule has 3 aliphatic rings. The summed E-state index contributed by atoms with van der Waals surface area (Å²) in [6.45, 7) is 3.02. The van der Waals surface area contributed by atoms with Crippen LogP contribution in [0.4, 0.5) is 0 Å². The maximum atomic E-state index is 12.5. The Hall–Kier alpha value is -1.31. The van der Waals surface area contributed by atoms with Crippen molar-refractivity contribution in [3.8, 4) is 0 Å². The topological polar surface area (TPSA) is 53.0 Å². The molecule has 0 aliphatic carbocycles. The van der Waals surface area contributed by atoms with Crippen molar-refractivity contribution < 1.29 is 8.42 Å². The molecule has 1 aromatic rings. The van der Waals surface area contributed by atoms with Crippen molar-refractivity contribution >= 4 is 32.6 Å². The lowest BCUT2D eigenvalue weighted by Gasteiger charge is -2.18. The van der Waals surface area contributed by atoms with Crippen LogP contribution in [0.15, 0.2) is 39.6 Å². The van der Waals surface area contributed by atoms with Gasteiger partial charge < -0.3 is 4.90 Å². The number of fused-ring (bicyclic) bond motifs is 1. The third-order valence-corrected chi connectivity index (χ3v) is 7.04. The minimum Gasteiger partial charge on any atom is -0.318 e. The van der Waals surface area contributed by atoms with E-state index in [9.17, 15) is 8.42 Å². The molecule has 5 nitrogen and oxygen atoms in total. The van der Waals surface area contributed by atoms with E-state index in [0.717, 1.165) is 42.4 Å². The van der Waals surface area contributed by atoms with Gasteiger partial charge in [-0.2, -0.15) is 4.31 Å². The number of benzene rings is 1. The molecule has 3 aliphatic heterocycles. The van der Waals surface area contributed by atoms with Gasteiger partial charge in [0.25, 0.3) is 0 Å². The summed E-state index contributed by atoms with van der Waals surface area (Å²) in [4.78, 5) is 7.01. The van der Waals surface area contributed by atoms with Gasteiger partial charge in [0.1, 0.15) is 0 Å². The van der Waals surface area contributed by atoms with Gasteiger partial charge in [-0.25, -0.2) is 8.42 Å². The minimum absolute atomic E-state index is 0.389. The van der Waals surface area contributed by atoms with E-state index in [1.807, 2.05) is 12.1 Å². The van der Waals surface area contributed by atoms with Crippen molar-refractivity contribution in [2.45, 2.75) is 17.7 Å². The fourth-order valence-electron chi connectivity index (χ4n) is 3.02. The molecule has 0 N–H and O–H groups in total. The molecule has 1 aromatic carbocycles. The molecule has 0 spiro atoms. The third-order valence-electron chi connectivity index (χ3n) is 4.22. The number of aliphatic imine (C=N–C) groups is 1. The van der Waals surface area contributed by atoms with Crippen LogP contribution in [0.25, 0.3) is 5.70 Å². The van der Waals surface area contributed by atoms with E-state index >= 15 is 0 Å². The zero-order chi connectivity index (χ0) is 15.2. The molecule has 3 heterocycles. The Bertz CT molecular complexity index is 747. The molecule has 0 bridgehead atoms.